The van der Waals surface area contributed by atoms with Crippen molar-refractivity contribution in [2.45, 2.75) is 181 Å². The maximum Gasteiger partial charge on any atom is 0.225 e. The normalized spacial score (nSPS) is 19.3. The Hall–Kier alpha value is -5.32. The van der Waals surface area contributed by atoms with Gasteiger partial charge in [-0.15, -0.1) is 0 Å². The summed E-state index contributed by atoms with van der Waals surface area (Å²) in [5, 5.41) is 0. The molecule has 4 aromatic carbocycles. The molecule has 0 unspecified atom stereocenters. The molecule has 0 bridgehead atoms. The summed E-state index contributed by atoms with van der Waals surface area (Å²) in [6.07, 6.45) is 22.7. The molecule has 6 aliphatic rings. The van der Waals surface area contributed by atoms with E-state index in [0.29, 0.717) is 29.7 Å². The highest BCUT2D eigenvalue weighted by Crippen LogP contribution is 2.31. The van der Waals surface area contributed by atoms with E-state index in [-0.39, 0.29) is 11.8 Å². The van der Waals surface area contributed by atoms with Gasteiger partial charge in [-0.25, -0.2) is 4.98 Å². The zero-order chi connectivity index (χ0) is 57.3. The molecule has 10 heteroatoms. The Morgan fingerprint density at radius 1 is 0.395 bits per heavy atom. The number of hydrogen-bond donors (Lipinski definition) is 0. The van der Waals surface area contributed by atoms with Gasteiger partial charge in [-0.1, -0.05) is 110 Å². The number of carbonyl (C=O) groups is 1. The van der Waals surface area contributed by atoms with E-state index in [1.54, 1.807) is 4.90 Å². The van der Waals surface area contributed by atoms with Crippen LogP contribution in [0.3, 0.4) is 0 Å². The van der Waals surface area contributed by atoms with E-state index in [9.17, 15) is 4.79 Å². The zero-order valence-electron chi connectivity index (χ0n) is 52.2. The molecule has 0 N–H and O–H groups in total. The number of rotatable bonds is 12. The third-order valence-electron chi connectivity index (χ3n) is 18.9. The van der Waals surface area contributed by atoms with Gasteiger partial charge in [0, 0.05) is 126 Å². The van der Waals surface area contributed by atoms with Crippen LogP contribution in [0.5, 0.6) is 0 Å². The highest BCUT2D eigenvalue weighted by molar-refractivity contribution is 5.78. The summed E-state index contributed by atoms with van der Waals surface area (Å²) in [6, 6.07) is 38.7. The maximum atomic E-state index is 12.0. The van der Waals surface area contributed by atoms with Crippen molar-refractivity contribution in [2.24, 2.45) is 5.92 Å². The molecule has 0 saturated carbocycles. The Kier molecular flexibility index (Phi) is 23.5. The third-order valence-corrected chi connectivity index (χ3v) is 18.9. The number of benzene rings is 4. The van der Waals surface area contributed by atoms with Crippen LogP contribution in [-0.4, -0.2) is 135 Å². The van der Waals surface area contributed by atoms with E-state index in [1.165, 1.54) is 168 Å². The monoisotopic (exact) mass is 1100 g/mol. The lowest BCUT2D eigenvalue weighted by atomic mass is 9.95. The molecule has 6 saturated heterocycles. The molecule has 81 heavy (non-hydrogen) atoms. The number of amides is 1. The number of aromatic nitrogens is 2. The predicted molar refractivity (Wildman–Crippen MR) is 345 cm³/mol. The van der Waals surface area contributed by atoms with Crippen LogP contribution in [0.25, 0.3) is 0 Å². The lowest BCUT2D eigenvalue weighted by Gasteiger charge is -2.41. The van der Waals surface area contributed by atoms with Crippen molar-refractivity contribution < 1.29 is 4.79 Å². The van der Waals surface area contributed by atoms with E-state index in [2.05, 4.69) is 198 Å². The first-order valence-corrected chi connectivity index (χ1v) is 32.3. The second kappa shape index (κ2) is 30.8. The molecule has 1 aromatic heterocycles. The van der Waals surface area contributed by atoms with Gasteiger partial charge in [0.05, 0.1) is 6.33 Å². The summed E-state index contributed by atoms with van der Waals surface area (Å²) < 4.78 is 2.25. The van der Waals surface area contributed by atoms with Crippen LogP contribution < -0.4 is 19.6 Å². The largest absolute Gasteiger partial charge is 0.371 e. The van der Waals surface area contributed by atoms with Gasteiger partial charge < -0.3 is 38.9 Å². The van der Waals surface area contributed by atoms with Crippen LogP contribution in [0, 0.1) is 5.92 Å². The molecule has 6 fully saturated rings. The number of nitrogens with zero attached hydrogens (tertiary/aromatic N) is 9. The molecule has 7 heterocycles. The molecule has 11 rings (SSSR count). The lowest BCUT2D eigenvalue weighted by molar-refractivity contribution is -0.133. The van der Waals surface area contributed by atoms with Crippen molar-refractivity contribution in [3.05, 3.63) is 138 Å². The summed E-state index contributed by atoms with van der Waals surface area (Å²) in [5.41, 5.74) is 11.2. The Morgan fingerprint density at radius 3 is 0.951 bits per heavy atom. The first-order valence-electron chi connectivity index (χ1n) is 32.3. The lowest BCUT2D eigenvalue weighted by Crippen LogP contribution is -2.46. The maximum absolute atomic E-state index is 12.0. The van der Waals surface area contributed by atoms with Crippen LogP contribution in [0.1, 0.15) is 191 Å². The first kappa shape index (κ1) is 61.7. The fraction of sp³-hybridized carbons (Fsp3) is 0.606. The van der Waals surface area contributed by atoms with E-state index in [1.807, 2.05) is 26.6 Å². The highest BCUT2D eigenvalue weighted by Gasteiger charge is 2.29. The first-order chi connectivity index (χ1) is 39.2. The van der Waals surface area contributed by atoms with Gasteiger partial charge in [0.2, 0.25) is 5.91 Å². The van der Waals surface area contributed by atoms with Crippen molar-refractivity contribution in [3.63, 3.8) is 0 Å². The van der Waals surface area contributed by atoms with Crippen molar-refractivity contribution in [1.29, 1.82) is 0 Å². The molecule has 10 nitrogen and oxygen atoms in total. The Bertz CT molecular complexity index is 2510. The summed E-state index contributed by atoms with van der Waals surface area (Å²) >= 11 is 0. The molecular formula is C71H107N9O. The van der Waals surface area contributed by atoms with Crippen LogP contribution in [0.4, 0.5) is 22.7 Å². The van der Waals surface area contributed by atoms with E-state index < -0.39 is 0 Å². The minimum atomic E-state index is 0.205. The fourth-order valence-corrected chi connectivity index (χ4v) is 13.3. The molecule has 0 atom stereocenters. The average Bonchev–Trinajstić information content (AvgIpc) is 4.32. The molecule has 0 radical (unpaired) electrons. The topological polar surface area (TPSA) is 57.6 Å². The SMILES string of the molecule is CC(C)c1ccc(N2CCC(C(=O)N(C)C)CC2)cc1.CC(C)c1ccc(N2CCC(N3CCCC3)CC2)cc1.CC(C)c1ccc(N2CCC(N3CCCCC3)CC2)cc1.CC(C)c1ccc(N2CCC(n3ccnc3)CC2)cc1. The minimum Gasteiger partial charge on any atom is -0.371 e. The van der Waals surface area contributed by atoms with E-state index in [0.717, 1.165) is 51.1 Å². The quantitative estimate of drug-likeness (QED) is 0.122. The van der Waals surface area contributed by atoms with Crippen LogP contribution in [0.2, 0.25) is 0 Å². The van der Waals surface area contributed by atoms with Gasteiger partial charge in [0.15, 0.2) is 0 Å². The van der Waals surface area contributed by atoms with Gasteiger partial charge in [0.25, 0.3) is 0 Å². The van der Waals surface area contributed by atoms with Gasteiger partial charge in [-0.2, -0.15) is 0 Å². The average molecular weight is 1100 g/mol. The van der Waals surface area contributed by atoms with E-state index >= 15 is 0 Å². The predicted octanol–water partition coefficient (Wildman–Crippen LogP) is 15.1. The van der Waals surface area contributed by atoms with Gasteiger partial charge in [-0.3, -0.25) is 4.79 Å². The summed E-state index contributed by atoms with van der Waals surface area (Å²) in [4.78, 5) is 33.3. The summed E-state index contributed by atoms with van der Waals surface area (Å²) in [5.74, 6) is 2.92. The minimum absolute atomic E-state index is 0.205. The Labute approximate surface area is 492 Å². The molecular weight excluding hydrogens is 995 g/mol. The molecule has 442 valence electrons. The van der Waals surface area contributed by atoms with Crippen molar-refractivity contribution in [3.8, 4) is 0 Å². The molecule has 6 aliphatic heterocycles. The molecule has 1 amide bonds. The van der Waals surface area contributed by atoms with Crippen LogP contribution >= 0.6 is 0 Å². The summed E-state index contributed by atoms with van der Waals surface area (Å²) in [6.45, 7) is 32.4. The van der Waals surface area contributed by atoms with Crippen LogP contribution in [0.15, 0.2) is 116 Å². The number of anilines is 4. The second-order valence-corrected chi connectivity index (χ2v) is 26.0. The zero-order valence-corrected chi connectivity index (χ0v) is 52.2. The number of hydrogen-bond acceptors (Lipinski definition) is 8. The standard InChI is InChI=1S/C19H30N2.C18H28N2.C17H23N3.C17H26N2O/c1-16(2)17-6-8-18(9-7-17)21-14-10-19(11-15-21)20-12-4-3-5-13-20;1-15(2)16-5-7-17(8-6-16)20-13-9-18(10-14-20)19-11-3-4-12-19;1-14(2)15-3-5-16(6-4-15)19-10-7-17(8-11-19)20-12-9-18-13-20;1-13(2)14-5-7-16(8-6-14)19-11-9-15(10-12-19)17(20)18(3)4/h6-9,16,19H,3-5,10-15H2,1-2H3;5-8,15,18H,3-4,9-14H2,1-2H3;3-6,9,12-14,17H,7-8,10-11H2,1-2H3;5-8,13,15H,9-12H2,1-4H3. The van der Waals surface area contributed by atoms with Crippen molar-refractivity contribution in [2.75, 3.05) is 112 Å². The molecule has 5 aromatic rings. The van der Waals surface area contributed by atoms with Gasteiger partial charge >= 0.3 is 0 Å². The van der Waals surface area contributed by atoms with E-state index in [4.69, 9.17) is 0 Å². The smallest absolute Gasteiger partial charge is 0.225 e. The van der Waals surface area contributed by atoms with Gasteiger partial charge in [-0.05, 0) is 198 Å². The Balaban J connectivity index is 0.000000142. The summed E-state index contributed by atoms with van der Waals surface area (Å²) in [7, 11) is 3.69. The second-order valence-electron chi connectivity index (χ2n) is 26.0. The number of piperidine rings is 5. The molecule has 0 spiro atoms. The third kappa shape index (κ3) is 17.8. The highest BCUT2D eigenvalue weighted by atomic mass is 16.2. The fourth-order valence-electron chi connectivity index (χ4n) is 13.3. The van der Waals surface area contributed by atoms with Crippen molar-refractivity contribution >= 4 is 28.7 Å². The number of imidazole rings is 1. The Morgan fingerprint density at radius 2 is 0.679 bits per heavy atom. The van der Waals surface area contributed by atoms with Crippen molar-refractivity contribution in [1.82, 2.24) is 24.3 Å². The van der Waals surface area contributed by atoms with Gasteiger partial charge in [0.1, 0.15) is 0 Å². The van der Waals surface area contributed by atoms with Crippen LogP contribution in [-0.2, 0) is 4.79 Å². The molecule has 0 aliphatic carbocycles. The number of carbonyl (C=O) groups excluding carboxylic acids is 1. The number of likely N-dealkylation sites (tertiary alicyclic amines) is 2.